The van der Waals surface area contributed by atoms with Crippen LogP contribution in [-0.2, 0) is 4.79 Å². The van der Waals surface area contributed by atoms with Crippen LogP contribution in [0.2, 0.25) is 0 Å². The van der Waals surface area contributed by atoms with Crippen molar-refractivity contribution in [2.24, 2.45) is 0 Å². The van der Waals surface area contributed by atoms with E-state index in [-0.39, 0.29) is 17.4 Å². The Balaban J connectivity index is 1.47. The molecule has 0 N–H and O–H groups in total. The summed E-state index contributed by atoms with van der Waals surface area (Å²) in [5, 5.41) is 12.3. The number of aromatic nitrogens is 4. The number of thioether (sulfide) groups is 1. The molecule has 27 heavy (non-hydrogen) atoms. The predicted octanol–water partition coefficient (Wildman–Crippen LogP) is 2.76. The lowest BCUT2D eigenvalue weighted by Crippen LogP contribution is -2.23. The molecule has 1 aromatic heterocycles. The normalized spacial score (nSPS) is 13.9. The van der Waals surface area contributed by atoms with Gasteiger partial charge in [-0.2, -0.15) is 4.68 Å². The molecule has 0 aliphatic carbocycles. The highest BCUT2D eigenvalue weighted by Gasteiger charge is 2.22. The van der Waals surface area contributed by atoms with E-state index < -0.39 is 0 Å². The second kappa shape index (κ2) is 7.71. The van der Waals surface area contributed by atoms with Crippen LogP contribution >= 0.6 is 11.8 Å². The third-order valence-corrected chi connectivity index (χ3v) is 5.25. The molecule has 1 aliphatic rings. The van der Waals surface area contributed by atoms with Crippen molar-refractivity contribution in [1.29, 1.82) is 0 Å². The molecule has 2 heterocycles. The molecular weight excluding hydrogens is 362 g/mol. The predicted molar refractivity (Wildman–Crippen MR) is 102 cm³/mol. The van der Waals surface area contributed by atoms with Gasteiger partial charge in [-0.05, 0) is 41.1 Å². The van der Waals surface area contributed by atoms with Crippen LogP contribution in [0.1, 0.15) is 23.2 Å². The summed E-state index contributed by atoms with van der Waals surface area (Å²) in [7, 11) is 0. The summed E-state index contributed by atoms with van der Waals surface area (Å²) >= 11 is 1.29. The zero-order valence-electron chi connectivity index (χ0n) is 14.5. The molecule has 0 radical (unpaired) electrons. The molecule has 136 valence electrons. The molecule has 7 nitrogen and oxygen atoms in total. The molecule has 8 heteroatoms. The van der Waals surface area contributed by atoms with Crippen molar-refractivity contribution < 1.29 is 9.59 Å². The van der Waals surface area contributed by atoms with E-state index in [1.807, 2.05) is 42.5 Å². The summed E-state index contributed by atoms with van der Waals surface area (Å²) in [5.74, 6) is 0.289. The van der Waals surface area contributed by atoms with Gasteiger partial charge < -0.3 is 4.90 Å². The highest BCUT2D eigenvalue weighted by atomic mass is 32.2. The lowest BCUT2D eigenvalue weighted by Gasteiger charge is -2.16. The first-order chi connectivity index (χ1) is 13.2. The van der Waals surface area contributed by atoms with E-state index in [9.17, 15) is 9.59 Å². The molecule has 0 spiro atoms. The van der Waals surface area contributed by atoms with Gasteiger partial charge in [0.15, 0.2) is 5.78 Å². The second-order valence-corrected chi connectivity index (χ2v) is 7.06. The molecule has 0 saturated carbocycles. The summed E-state index contributed by atoms with van der Waals surface area (Å²) < 4.78 is 1.61. The van der Waals surface area contributed by atoms with E-state index in [0.717, 1.165) is 17.8 Å². The SMILES string of the molecule is O=C(CSc1nnnn1-c1ccccc1)c1cccc(N2CCCC2=O)c1. The first-order valence-corrected chi connectivity index (χ1v) is 9.61. The minimum Gasteiger partial charge on any atom is -0.312 e. The van der Waals surface area contributed by atoms with Crippen molar-refractivity contribution in [3.05, 3.63) is 60.2 Å². The minimum atomic E-state index is -0.0314. The quantitative estimate of drug-likeness (QED) is 0.484. The smallest absolute Gasteiger partial charge is 0.227 e. The van der Waals surface area contributed by atoms with Crippen LogP contribution in [0, 0.1) is 0 Å². The molecule has 1 fully saturated rings. The standard InChI is InChI=1S/C19H17N5O2S/c25-17(14-6-4-9-16(12-14)23-11-5-10-18(23)26)13-27-19-20-21-22-24(19)15-7-2-1-3-8-15/h1-4,6-9,12H,5,10-11,13H2. The maximum absolute atomic E-state index is 12.6. The van der Waals surface area contributed by atoms with Crippen LogP contribution in [0.3, 0.4) is 0 Å². The Morgan fingerprint density at radius 3 is 2.67 bits per heavy atom. The van der Waals surface area contributed by atoms with Crippen molar-refractivity contribution in [1.82, 2.24) is 20.2 Å². The van der Waals surface area contributed by atoms with Gasteiger partial charge >= 0.3 is 0 Å². The molecule has 0 unspecified atom stereocenters. The van der Waals surface area contributed by atoms with Gasteiger partial charge in [0.2, 0.25) is 11.1 Å². The van der Waals surface area contributed by atoms with Gasteiger partial charge in [-0.15, -0.1) is 5.10 Å². The van der Waals surface area contributed by atoms with Gasteiger partial charge in [0, 0.05) is 24.2 Å². The van der Waals surface area contributed by atoms with Gasteiger partial charge in [0.1, 0.15) is 0 Å². The average molecular weight is 379 g/mol. The number of nitrogens with zero attached hydrogens (tertiary/aromatic N) is 5. The monoisotopic (exact) mass is 379 g/mol. The zero-order chi connectivity index (χ0) is 18.6. The molecular formula is C19H17N5O2S. The molecule has 0 atom stereocenters. The summed E-state index contributed by atoms with van der Waals surface area (Å²) in [6, 6.07) is 16.8. The number of rotatable bonds is 6. The van der Waals surface area contributed by atoms with Gasteiger partial charge in [0.25, 0.3) is 0 Å². The van der Waals surface area contributed by atoms with E-state index in [2.05, 4.69) is 15.5 Å². The first-order valence-electron chi connectivity index (χ1n) is 8.62. The van der Waals surface area contributed by atoms with Crippen LogP contribution < -0.4 is 4.90 Å². The van der Waals surface area contributed by atoms with Gasteiger partial charge in [-0.3, -0.25) is 9.59 Å². The Morgan fingerprint density at radius 1 is 1.07 bits per heavy atom. The third kappa shape index (κ3) is 3.75. The highest BCUT2D eigenvalue weighted by molar-refractivity contribution is 7.99. The van der Waals surface area contributed by atoms with E-state index in [4.69, 9.17) is 0 Å². The lowest BCUT2D eigenvalue weighted by molar-refractivity contribution is -0.117. The molecule has 1 amide bonds. The molecule has 0 bridgehead atoms. The van der Waals surface area contributed by atoms with Crippen LogP contribution in [0.4, 0.5) is 5.69 Å². The third-order valence-electron chi connectivity index (χ3n) is 4.33. The van der Waals surface area contributed by atoms with Gasteiger partial charge in [0.05, 0.1) is 11.4 Å². The number of carbonyl (C=O) groups is 2. The zero-order valence-corrected chi connectivity index (χ0v) is 15.3. The number of amides is 1. The summed E-state index contributed by atoms with van der Waals surface area (Å²) in [4.78, 5) is 26.3. The first kappa shape index (κ1) is 17.4. The maximum Gasteiger partial charge on any atom is 0.227 e. The van der Waals surface area contributed by atoms with Crippen LogP contribution in [0.15, 0.2) is 59.8 Å². The number of hydrogen-bond donors (Lipinski definition) is 0. The fraction of sp³-hybridized carbons (Fsp3) is 0.211. The van der Waals surface area contributed by atoms with Gasteiger partial charge in [-0.1, -0.05) is 42.1 Å². The highest BCUT2D eigenvalue weighted by Crippen LogP contribution is 2.24. The topological polar surface area (TPSA) is 81.0 Å². The van der Waals surface area contributed by atoms with Crippen molar-refractivity contribution in [3.8, 4) is 5.69 Å². The molecule has 2 aromatic carbocycles. The Morgan fingerprint density at radius 2 is 1.89 bits per heavy atom. The summed E-state index contributed by atoms with van der Waals surface area (Å²) in [5.41, 5.74) is 2.20. The number of para-hydroxylation sites is 1. The number of carbonyl (C=O) groups excluding carboxylic acids is 2. The number of tetrazole rings is 1. The molecule has 1 saturated heterocycles. The van der Waals surface area contributed by atoms with Crippen LogP contribution in [0.25, 0.3) is 5.69 Å². The van der Waals surface area contributed by atoms with Crippen LogP contribution in [-0.4, -0.2) is 44.2 Å². The fourth-order valence-corrected chi connectivity index (χ4v) is 3.77. The van der Waals surface area contributed by atoms with E-state index in [1.54, 1.807) is 21.7 Å². The Labute approximate surface area is 160 Å². The lowest BCUT2D eigenvalue weighted by atomic mass is 10.1. The van der Waals surface area contributed by atoms with E-state index in [0.29, 0.717) is 23.7 Å². The Hall–Kier alpha value is -3.00. The van der Waals surface area contributed by atoms with Crippen molar-refractivity contribution >= 4 is 29.1 Å². The Bertz CT molecular complexity index is 973. The number of hydrogen-bond acceptors (Lipinski definition) is 6. The second-order valence-electron chi connectivity index (χ2n) is 6.12. The van der Waals surface area contributed by atoms with E-state index in [1.165, 1.54) is 11.8 Å². The van der Waals surface area contributed by atoms with Crippen molar-refractivity contribution in [2.45, 2.75) is 18.0 Å². The maximum atomic E-state index is 12.6. The summed E-state index contributed by atoms with van der Waals surface area (Å²) in [6.45, 7) is 0.705. The number of Topliss-reactive ketones (excluding diaryl/α,β-unsaturated/α-hetero) is 1. The largest absolute Gasteiger partial charge is 0.312 e. The average Bonchev–Trinajstić information content (AvgIpc) is 3.35. The van der Waals surface area contributed by atoms with Crippen LogP contribution in [0.5, 0.6) is 0 Å². The fourth-order valence-electron chi connectivity index (χ4n) is 2.98. The van der Waals surface area contributed by atoms with Gasteiger partial charge in [-0.25, -0.2) is 0 Å². The summed E-state index contributed by atoms with van der Waals surface area (Å²) in [6.07, 6.45) is 1.42. The number of ketones is 1. The molecule has 4 rings (SSSR count). The molecule has 1 aliphatic heterocycles. The van der Waals surface area contributed by atoms with Crippen molar-refractivity contribution in [2.75, 3.05) is 17.2 Å². The molecule has 3 aromatic rings. The van der Waals surface area contributed by atoms with Crippen molar-refractivity contribution in [3.63, 3.8) is 0 Å². The number of benzene rings is 2. The van der Waals surface area contributed by atoms with E-state index >= 15 is 0 Å². The Kier molecular flexibility index (Phi) is 4.97. The number of anilines is 1. The minimum absolute atomic E-state index is 0.0314.